The van der Waals surface area contributed by atoms with Crippen molar-refractivity contribution in [1.82, 2.24) is 19.3 Å². The van der Waals surface area contributed by atoms with Crippen molar-refractivity contribution in [3.05, 3.63) is 30.0 Å². The summed E-state index contributed by atoms with van der Waals surface area (Å²) in [6.45, 7) is 0.427. The molecule has 0 radical (unpaired) electrons. The Hall–Kier alpha value is -3.68. The molecule has 3 heterocycles. The lowest BCUT2D eigenvalue weighted by molar-refractivity contribution is 0.0653. The Morgan fingerprint density at radius 3 is 2.50 bits per heavy atom. The number of hydrogen-bond donors (Lipinski definition) is 1. The van der Waals surface area contributed by atoms with Crippen molar-refractivity contribution in [2.24, 2.45) is 5.16 Å². The summed E-state index contributed by atoms with van der Waals surface area (Å²) >= 11 is 0. The van der Waals surface area contributed by atoms with Crippen LogP contribution in [0.1, 0.15) is 5.56 Å². The van der Waals surface area contributed by atoms with E-state index < -0.39 is 21.1 Å². The van der Waals surface area contributed by atoms with Crippen LogP contribution < -0.4 is 14.8 Å². The van der Waals surface area contributed by atoms with Gasteiger partial charge in [-0.2, -0.15) is 18.4 Å². The van der Waals surface area contributed by atoms with Crippen LogP contribution in [-0.2, 0) is 19.6 Å². The van der Waals surface area contributed by atoms with Crippen LogP contribution in [0.4, 0.5) is 10.7 Å². The summed E-state index contributed by atoms with van der Waals surface area (Å²) in [5, 5.41) is 5.55. The highest BCUT2D eigenvalue weighted by atomic mass is 32.2. The van der Waals surface area contributed by atoms with E-state index >= 15 is 0 Å². The Morgan fingerprint density at radius 2 is 1.90 bits per heavy atom. The number of nitrogens with one attached hydrogen (secondary N) is 1. The van der Waals surface area contributed by atoms with E-state index in [1.807, 2.05) is 0 Å². The van der Waals surface area contributed by atoms with Gasteiger partial charge in [-0.25, -0.2) is 14.1 Å². The first-order chi connectivity index (χ1) is 14.4. The number of nitrogens with zero attached hydrogens (tertiary/aromatic N) is 5. The molecule has 1 N–H and O–H groups in total. The van der Waals surface area contributed by atoms with Gasteiger partial charge in [-0.1, -0.05) is 0 Å². The zero-order chi connectivity index (χ0) is 21.7. The first kappa shape index (κ1) is 21.0. The number of sulfonamides is 1. The number of rotatable bonds is 6. The molecular weight excluding hydrogens is 420 g/mol. The van der Waals surface area contributed by atoms with Crippen LogP contribution in [0, 0.1) is 0 Å². The molecule has 0 fully saturated rings. The number of methoxy groups -OCH3 is 2. The molecule has 30 heavy (non-hydrogen) atoms. The van der Waals surface area contributed by atoms with Crippen molar-refractivity contribution in [2.45, 2.75) is 5.03 Å². The zero-order valence-electron chi connectivity index (χ0n) is 16.2. The summed E-state index contributed by atoms with van der Waals surface area (Å²) in [4.78, 5) is 29.3. The second kappa shape index (κ2) is 8.77. The van der Waals surface area contributed by atoms with Crippen LogP contribution in [0.3, 0.4) is 0 Å². The molecule has 0 atom stereocenters. The van der Waals surface area contributed by atoms with Gasteiger partial charge in [0.1, 0.15) is 6.61 Å². The lowest BCUT2D eigenvalue weighted by atomic mass is 10.3. The van der Waals surface area contributed by atoms with Crippen LogP contribution in [0.25, 0.3) is 0 Å². The van der Waals surface area contributed by atoms with E-state index in [0.717, 1.165) is 7.05 Å². The molecule has 0 saturated carbocycles. The van der Waals surface area contributed by atoms with Crippen LogP contribution in [0.2, 0.25) is 0 Å². The number of carbonyl (C=O) groups excluding carboxylic acids is 1. The van der Waals surface area contributed by atoms with E-state index in [-0.39, 0.29) is 42.4 Å². The Kier molecular flexibility index (Phi) is 6.15. The molecule has 0 aliphatic carbocycles. The second-order valence-corrected chi connectivity index (χ2v) is 7.50. The molecule has 0 bridgehead atoms. The molecule has 0 spiro atoms. The van der Waals surface area contributed by atoms with Gasteiger partial charge >= 0.3 is 6.03 Å². The molecule has 3 rings (SSSR count). The number of hydrogen-bond acceptors (Lipinski definition) is 11. The standard InChI is InChI=1S/C16H18N6O7S/c1-22(16(23)20-15-18-11(26-2)9-12(19-15)27-3)30(24,25)14-10(5-4-6-17-14)13-21-29-8-7-28-13/h4-6,9H,7-8H2,1-3H3,(H,18,19,20,23). The molecule has 0 unspecified atom stereocenters. The largest absolute Gasteiger partial charge is 0.481 e. The summed E-state index contributed by atoms with van der Waals surface area (Å²) in [5.41, 5.74) is 0.0520. The SMILES string of the molecule is COc1cc(OC)nc(NC(=O)N(C)S(=O)(=O)c2ncccc2C2=NOCCO2)n1. The first-order valence-corrected chi connectivity index (χ1v) is 9.86. The number of oxime groups is 1. The topological polar surface area (TPSA) is 154 Å². The summed E-state index contributed by atoms with van der Waals surface area (Å²) < 4.78 is 41.9. The highest BCUT2D eigenvalue weighted by Crippen LogP contribution is 2.21. The zero-order valence-corrected chi connectivity index (χ0v) is 17.0. The minimum absolute atomic E-state index is 0.0520. The van der Waals surface area contributed by atoms with E-state index in [2.05, 4.69) is 25.4 Å². The summed E-state index contributed by atoms with van der Waals surface area (Å²) in [5.74, 6) is -0.0419. The van der Waals surface area contributed by atoms with Gasteiger partial charge in [0.25, 0.3) is 15.9 Å². The average Bonchev–Trinajstić information content (AvgIpc) is 2.78. The van der Waals surface area contributed by atoms with E-state index in [1.54, 1.807) is 0 Å². The molecule has 1 aliphatic heterocycles. The predicted molar refractivity (Wildman–Crippen MR) is 102 cm³/mol. The van der Waals surface area contributed by atoms with Gasteiger partial charge in [-0.3, -0.25) is 5.32 Å². The molecule has 2 aromatic rings. The normalized spacial score (nSPS) is 13.4. The van der Waals surface area contributed by atoms with Gasteiger partial charge in [-0.05, 0) is 17.3 Å². The lowest BCUT2D eigenvalue weighted by Crippen LogP contribution is -2.38. The molecule has 0 saturated heterocycles. The van der Waals surface area contributed by atoms with Crippen molar-refractivity contribution < 1.29 is 32.3 Å². The van der Waals surface area contributed by atoms with Crippen LogP contribution in [0.15, 0.2) is 34.6 Å². The maximum absolute atomic E-state index is 13.0. The van der Waals surface area contributed by atoms with Gasteiger partial charge in [0.05, 0.1) is 25.8 Å². The fourth-order valence-electron chi connectivity index (χ4n) is 2.27. The number of amides is 2. The van der Waals surface area contributed by atoms with E-state index in [0.29, 0.717) is 4.31 Å². The Balaban J connectivity index is 1.89. The van der Waals surface area contributed by atoms with Crippen molar-refractivity contribution in [3.63, 3.8) is 0 Å². The Morgan fingerprint density at radius 1 is 1.20 bits per heavy atom. The monoisotopic (exact) mass is 438 g/mol. The fraction of sp³-hybridized carbons (Fsp3) is 0.312. The maximum atomic E-state index is 13.0. The number of carbonyl (C=O) groups is 1. The van der Waals surface area contributed by atoms with Crippen molar-refractivity contribution >= 4 is 27.9 Å². The molecule has 0 aromatic carbocycles. The van der Waals surface area contributed by atoms with Crippen molar-refractivity contribution in [2.75, 3.05) is 39.8 Å². The summed E-state index contributed by atoms with van der Waals surface area (Å²) in [6, 6.07) is 3.30. The van der Waals surface area contributed by atoms with Crippen molar-refractivity contribution in [3.8, 4) is 11.8 Å². The number of anilines is 1. The van der Waals surface area contributed by atoms with Crippen LogP contribution >= 0.6 is 0 Å². The summed E-state index contributed by atoms with van der Waals surface area (Å²) in [7, 11) is -0.603. The van der Waals surface area contributed by atoms with Crippen molar-refractivity contribution in [1.29, 1.82) is 0 Å². The molecular formula is C16H18N6O7S. The summed E-state index contributed by atoms with van der Waals surface area (Å²) in [6.07, 6.45) is 1.27. The van der Waals surface area contributed by atoms with Crippen LogP contribution in [0.5, 0.6) is 11.8 Å². The molecule has 160 valence electrons. The molecule has 13 nitrogen and oxygen atoms in total. The highest BCUT2D eigenvalue weighted by molar-refractivity contribution is 7.89. The predicted octanol–water partition coefficient (Wildman–Crippen LogP) is 0.450. The minimum atomic E-state index is -4.39. The third-order valence-corrected chi connectivity index (χ3v) is 5.47. The fourth-order valence-corrected chi connectivity index (χ4v) is 3.43. The van der Waals surface area contributed by atoms with Crippen LogP contribution in [-0.4, -0.2) is 74.1 Å². The smallest absolute Gasteiger partial charge is 0.337 e. The number of ether oxygens (including phenoxy) is 3. The third-order valence-electron chi connectivity index (χ3n) is 3.77. The van der Waals surface area contributed by atoms with E-state index in [4.69, 9.17) is 19.0 Å². The van der Waals surface area contributed by atoms with E-state index in [9.17, 15) is 13.2 Å². The Labute approximate surface area is 171 Å². The van der Waals surface area contributed by atoms with Gasteiger partial charge in [-0.15, -0.1) is 0 Å². The Bertz CT molecular complexity index is 1050. The lowest BCUT2D eigenvalue weighted by Gasteiger charge is -2.20. The molecule has 14 heteroatoms. The molecule has 2 aromatic heterocycles. The number of pyridine rings is 1. The number of urea groups is 1. The molecule has 1 aliphatic rings. The quantitative estimate of drug-likeness (QED) is 0.672. The van der Waals surface area contributed by atoms with Gasteiger partial charge < -0.3 is 19.0 Å². The second-order valence-electron chi connectivity index (χ2n) is 5.61. The van der Waals surface area contributed by atoms with Gasteiger partial charge in [0, 0.05) is 13.2 Å². The van der Waals surface area contributed by atoms with E-state index in [1.165, 1.54) is 38.6 Å². The number of aromatic nitrogens is 3. The minimum Gasteiger partial charge on any atom is -0.481 e. The highest BCUT2D eigenvalue weighted by Gasteiger charge is 2.32. The molecule has 2 amide bonds. The maximum Gasteiger partial charge on any atom is 0.337 e. The first-order valence-electron chi connectivity index (χ1n) is 8.42. The van der Waals surface area contributed by atoms with Gasteiger partial charge in [0.15, 0.2) is 11.6 Å². The third kappa shape index (κ3) is 4.32. The van der Waals surface area contributed by atoms with Gasteiger partial charge in [0.2, 0.25) is 17.7 Å². The average molecular weight is 438 g/mol.